The Morgan fingerprint density at radius 2 is 2.12 bits per heavy atom. The van der Waals surface area contributed by atoms with Crippen LogP contribution in [0.25, 0.3) is 0 Å². The van der Waals surface area contributed by atoms with Crippen molar-refractivity contribution in [1.82, 2.24) is 5.32 Å². The molecular weight excluding hydrogens is 198 g/mol. The fraction of sp³-hybridized carbons (Fsp3) is 0.571. The van der Waals surface area contributed by atoms with Crippen LogP contribution < -0.4 is 5.32 Å². The van der Waals surface area contributed by atoms with Crippen molar-refractivity contribution in [2.24, 2.45) is 0 Å². The lowest BCUT2D eigenvalue weighted by molar-refractivity contribution is 0.238. The van der Waals surface area contributed by atoms with Crippen molar-refractivity contribution in [2.45, 2.75) is 45.2 Å². The largest absolute Gasteiger partial charge is 0.395 e. The van der Waals surface area contributed by atoms with Crippen molar-refractivity contribution in [3.8, 4) is 0 Å². The number of hydrogen-bond donors (Lipinski definition) is 2. The van der Waals surface area contributed by atoms with Gasteiger partial charge in [-0.05, 0) is 42.4 Å². The summed E-state index contributed by atoms with van der Waals surface area (Å²) in [5, 5.41) is 12.5. The van der Waals surface area contributed by atoms with E-state index in [0.29, 0.717) is 0 Å². The predicted octanol–water partition coefficient (Wildman–Crippen LogP) is 2.04. The van der Waals surface area contributed by atoms with E-state index in [2.05, 4.69) is 30.4 Å². The SMILES string of the molecule is CCC(CO)NCc1ccc2c(c1)CCC2. The van der Waals surface area contributed by atoms with E-state index in [1.165, 1.54) is 36.0 Å². The molecule has 1 aromatic carbocycles. The summed E-state index contributed by atoms with van der Waals surface area (Å²) in [7, 11) is 0. The standard InChI is InChI=1S/C14H21NO/c1-2-14(10-16)15-9-11-6-7-12-4-3-5-13(12)8-11/h6-8,14-16H,2-5,9-10H2,1H3. The number of hydrogen-bond acceptors (Lipinski definition) is 2. The first-order chi connectivity index (χ1) is 7.83. The fourth-order valence-electron chi connectivity index (χ4n) is 2.34. The highest BCUT2D eigenvalue weighted by atomic mass is 16.3. The van der Waals surface area contributed by atoms with Gasteiger partial charge in [0.2, 0.25) is 0 Å². The van der Waals surface area contributed by atoms with Crippen LogP contribution in [0.4, 0.5) is 0 Å². The highest BCUT2D eigenvalue weighted by Crippen LogP contribution is 2.22. The Kier molecular flexibility index (Phi) is 3.97. The molecule has 0 bridgehead atoms. The van der Waals surface area contributed by atoms with E-state index in [-0.39, 0.29) is 12.6 Å². The van der Waals surface area contributed by atoms with Crippen LogP contribution in [-0.4, -0.2) is 17.8 Å². The van der Waals surface area contributed by atoms with Crippen LogP contribution in [0, 0.1) is 0 Å². The van der Waals surface area contributed by atoms with Gasteiger partial charge in [-0.2, -0.15) is 0 Å². The molecule has 88 valence electrons. The molecule has 0 spiro atoms. The van der Waals surface area contributed by atoms with Crippen LogP contribution in [0.3, 0.4) is 0 Å². The molecule has 2 heteroatoms. The van der Waals surface area contributed by atoms with Crippen LogP contribution in [0.5, 0.6) is 0 Å². The van der Waals surface area contributed by atoms with Gasteiger partial charge in [-0.25, -0.2) is 0 Å². The first-order valence-corrected chi connectivity index (χ1v) is 6.28. The van der Waals surface area contributed by atoms with Gasteiger partial charge in [0.1, 0.15) is 0 Å². The maximum absolute atomic E-state index is 9.10. The van der Waals surface area contributed by atoms with Crippen LogP contribution in [0.1, 0.15) is 36.5 Å². The van der Waals surface area contributed by atoms with Gasteiger partial charge in [-0.1, -0.05) is 25.1 Å². The molecule has 0 heterocycles. The molecule has 2 rings (SSSR count). The van der Waals surface area contributed by atoms with Gasteiger partial charge in [0.05, 0.1) is 6.61 Å². The number of aliphatic hydroxyl groups is 1. The second kappa shape index (κ2) is 5.46. The lowest BCUT2D eigenvalue weighted by atomic mass is 10.1. The topological polar surface area (TPSA) is 32.3 Å². The summed E-state index contributed by atoms with van der Waals surface area (Å²) in [6, 6.07) is 7.02. The predicted molar refractivity (Wildman–Crippen MR) is 66.5 cm³/mol. The Hall–Kier alpha value is -0.860. The summed E-state index contributed by atoms with van der Waals surface area (Å²) in [6.45, 7) is 3.18. The van der Waals surface area contributed by atoms with E-state index in [9.17, 15) is 0 Å². The number of nitrogens with one attached hydrogen (secondary N) is 1. The van der Waals surface area contributed by atoms with Crippen LogP contribution >= 0.6 is 0 Å². The monoisotopic (exact) mass is 219 g/mol. The van der Waals surface area contributed by atoms with Crippen molar-refractivity contribution >= 4 is 0 Å². The number of aliphatic hydroxyl groups excluding tert-OH is 1. The minimum absolute atomic E-state index is 0.224. The average molecular weight is 219 g/mol. The molecule has 0 aliphatic heterocycles. The Balaban J connectivity index is 1.95. The third-order valence-electron chi connectivity index (χ3n) is 3.47. The molecule has 0 saturated carbocycles. The molecule has 1 aliphatic carbocycles. The van der Waals surface area contributed by atoms with Crippen molar-refractivity contribution in [2.75, 3.05) is 6.61 Å². The van der Waals surface area contributed by atoms with Gasteiger partial charge in [0, 0.05) is 12.6 Å². The van der Waals surface area contributed by atoms with Crippen LogP contribution in [0.2, 0.25) is 0 Å². The molecule has 2 N–H and O–H groups in total. The molecule has 2 nitrogen and oxygen atoms in total. The summed E-state index contributed by atoms with van der Waals surface area (Å²) in [4.78, 5) is 0. The number of fused-ring (bicyclic) bond motifs is 1. The van der Waals surface area contributed by atoms with E-state index >= 15 is 0 Å². The quantitative estimate of drug-likeness (QED) is 0.794. The lowest BCUT2D eigenvalue weighted by Gasteiger charge is -2.14. The maximum atomic E-state index is 9.10. The van der Waals surface area contributed by atoms with E-state index < -0.39 is 0 Å². The highest BCUT2D eigenvalue weighted by molar-refractivity contribution is 5.35. The van der Waals surface area contributed by atoms with Crippen LogP contribution in [-0.2, 0) is 19.4 Å². The molecule has 0 fully saturated rings. The molecule has 1 atom stereocenters. The van der Waals surface area contributed by atoms with Gasteiger partial charge in [-0.15, -0.1) is 0 Å². The average Bonchev–Trinajstić information content (AvgIpc) is 2.77. The molecule has 1 unspecified atom stereocenters. The van der Waals surface area contributed by atoms with E-state index in [0.717, 1.165) is 13.0 Å². The molecule has 0 amide bonds. The van der Waals surface area contributed by atoms with Gasteiger partial charge >= 0.3 is 0 Å². The zero-order valence-corrected chi connectivity index (χ0v) is 10.00. The summed E-state index contributed by atoms with van der Waals surface area (Å²) >= 11 is 0. The number of benzene rings is 1. The maximum Gasteiger partial charge on any atom is 0.0584 e. The summed E-state index contributed by atoms with van der Waals surface area (Å²) in [5.74, 6) is 0. The second-order valence-electron chi connectivity index (χ2n) is 4.63. The van der Waals surface area contributed by atoms with Gasteiger partial charge in [0.25, 0.3) is 0 Å². The number of rotatable bonds is 5. The normalized spacial score (nSPS) is 16.1. The van der Waals surface area contributed by atoms with E-state index in [1.54, 1.807) is 0 Å². The Morgan fingerprint density at radius 1 is 1.31 bits per heavy atom. The molecule has 16 heavy (non-hydrogen) atoms. The molecule has 0 aromatic heterocycles. The Labute approximate surface area is 97.7 Å². The van der Waals surface area contributed by atoms with Gasteiger partial charge in [0.15, 0.2) is 0 Å². The minimum atomic E-state index is 0.224. The third kappa shape index (κ3) is 2.63. The van der Waals surface area contributed by atoms with Crippen molar-refractivity contribution < 1.29 is 5.11 Å². The zero-order valence-electron chi connectivity index (χ0n) is 10.00. The Morgan fingerprint density at radius 3 is 2.88 bits per heavy atom. The first kappa shape index (κ1) is 11.6. The summed E-state index contributed by atoms with van der Waals surface area (Å²) in [5.41, 5.74) is 4.39. The number of aryl methyl sites for hydroxylation is 2. The van der Waals surface area contributed by atoms with Crippen molar-refractivity contribution in [1.29, 1.82) is 0 Å². The highest BCUT2D eigenvalue weighted by Gasteiger charge is 2.11. The van der Waals surface area contributed by atoms with E-state index in [4.69, 9.17) is 5.11 Å². The van der Waals surface area contributed by atoms with Gasteiger partial charge < -0.3 is 10.4 Å². The van der Waals surface area contributed by atoms with Gasteiger partial charge in [-0.3, -0.25) is 0 Å². The second-order valence-corrected chi connectivity index (χ2v) is 4.63. The minimum Gasteiger partial charge on any atom is -0.395 e. The van der Waals surface area contributed by atoms with E-state index in [1.807, 2.05) is 0 Å². The molecule has 1 aliphatic rings. The lowest BCUT2D eigenvalue weighted by Crippen LogP contribution is -2.31. The molecule has 0 radical (unpaired) electrons. The molecular formula is C14H21NO. The smallest absolute Gasteiger partial charge is 0.0584 e. The first-order valence-electron chi connectivity index (χ1n) is 6.28. The Bertz CT molecular complexity index is 345. The molecule has 0 saturated heterocycles. The summed E-state index contributed by atoms with van der Waals surface area (Å²) < 4.78 is 0. The van der Waals surface area contributed by atoms with Crippen molar-refractivity contribution in [3.05, 3.63) is 34.9 Å². The fourth-order valence-corrected chi connectivity index (χ4v) is 2.34. The van der Waals surface area contributed by atoms with Crippen molar-refractivity contribution in [3.63, 3.8) is 0 Å². The zero-order chi connectivity index (χ0) is 11.4. The third-order valence-corrected chi connectivity index (χ3v) is 3.47. The van der Waals surface area contributed by atoms with Crippen LogP contribution in [0.15, 0.2) is 18.2 Å². The molecule has 1 aromatic rings. The summed E-state index contributed by atoms with van der Waals surface area (Å²) in [6.07, 6.45) is 4.76.